The van der Waals surface area contributed by atoms with Gasteiger partial charge < -0.3 is 4.90 Å². The van der Waals surface area contributed by atoms with E-state index in [1.165, 1.54) is 16.8 Å². The fourth-order valence-electron chi connectivity index (χ4n) is 2.39. The second kappa shape index (κ2) is 7.36. The molecule has 0 N–H and O–H groups in total. The number of pyridine rings is 2. The van der Waals surface area contributed by atoms with Crippen LogP contribution in [-0.4, -0.2) is 42.1 Å². The predicted molar refractivity (Wildman–Crippen MR) is 92.2 cm³/mol. The summed E-state index contributed by atoms with van der Waals surface area (Å²) < 4.78 is 0. The van der Waals surface area contributed by atoms with Gasteiger partial charge in [-0.2, -0.15) is 0 Å². The van der Waals surface area contributed by atoms with Crippen molar-refractivity contribution in [1.82, 2.24) is 14.9 Å². The normalized spacial score (nSPS) is 12.5. The Morgan fingerprint density at radius 1 is 1.09 bits per heavy atom. The second-order valence-corrected chi connectivity index (χ2v) is 6.15. The number of nitrogens with zero attached hydrogens (tertiary/aromatic N) is 4. The van der Waals surface area contributed by atoms with E-state index in [2.05, 4.69) is 54.0 Å². The number of hydrogen-bond acceptors (Lipinski definition) is 4. The van der Waals surface area contributed by atoms with E-state index in [0.717, 1.165) is 18.8 Å². The third-order valence-electron chi connectivity index (χ3n) is 4.06. The van der Waals surface area contributed by atoms with Gasteiger partial charge in [-0.25, -0.2) is 4.98 Å². The van der Waals surface area contributed by atoms with Crippen LogP contribution in [0.25, 0.3) is 0 Å². The molecule has 1 atom stereocenters. The van der Waals surface area contributed by atoms with E-state index >= 15 is 0 Å². The van der Waals surface area contributed by atoms with Crippen molar-refractivity contribution >= 4 is 5.82 Å². The van der Waals surface area contributed by atoms with E-state index in [1.54, 1.807) is 0 Å². The monoisotopic (exact) mass is 298 g/mol. The van der Waals surface area contributed by atoms with Gasteiger partial charge in [0.15, 0.2) is 0 Å². The summed E-state index contributed by atoms with van der Waals surface area (Å²) in [5.41, 5.74) is 3.68. The molecule has 2 rings (SSSR count). The van der Waals surface area contributed by atoms with Crippen molar-refractivity contribution in [3.8, 4) is 0 Å². The zero-order valence-electron chi connectivity index (χ0n) is 14.2. The van der Waals surface area contributed by atoms with Crippen LogP contribution >= 0.6 is 0 Å². The van der Waals surface area contributed by atoms with Crippen molar-refractivity contribution in [2.45, 2.75) is 32.9 Å². The minimum absolute atomic E-state index is 0.433. The van der Waals surface area contributed by atoms with Gasteiger partial charge in [-0.3, -0.25) is 9.88 Å². The first kappa shape index (κ1) is 16.4. The van der Waals surface area contributed by atoms with Gasteiger partial charge in [0, 0.05) is 51.2 Å². The van der Waals surface area contributed by atoms with Crippen LogP contribution in [0, 0.1) is 6.92 Å². The van der Waals surface area contributed by atoms with Crippen molar-refractivity contribution in [1.29, 1.82) is 0 Å². The molecule has 0 saturated heterocycles. The highest BCUT2D eigenvalue weighted by molar-refractivity contribution is 5.37. The summed E-state index contributed by atoms with van der Waals surface area (Å²) in [7, 11) is 6.17. The summed E-state index contributed by atoms with van der Waals surface area (Å²) in [5, 5.41) is 0. The zero-order chi connectivity index (χ0) is 16.1. The molecule has 0 spiro atoms. The number of aromatic nitrogens is 2. The van der Waals surface area contributed by atoms with Gasteiger partial charge in [0.25, 0.3) is 0 Å². The molecule has 0 saturated carbocycles. The summed E-state index contributed by atoms with van der Waals surface area (Å²) in [6.07, 6.45) is 4.80. The molecule has 2 heterocycles. The SMILES string of the molecule is Cc1cccnc1CC(C)N(C)Cc1ccc(N(C)C)nc1. The first-order chi connectivity index (χ1) is 10.5. The van der Waals surface area contributed by atoms with Crippen molar-refractivity contribution in [3.63, 3.8) is 0 Å². The molecule has 0 radical (unpaired) electrons. The Bertz CT molecular complexity index is 592. The molecular formula is C18H26N4. The third-order valence-corrected chi connectivity index (χ3v) is 4.06. The molecule has 0 bridgehead atoms. The smallest absolute Gasteiger partial charge is 0.127 e. The lowest BCUT2D eigenvalue weighted by molar-refractivity contribution is 0.246. The largest absolute Gasteiger partial charge is 0.363 e. The average Bonchev–Trinajstić information content (AvgIpc) is 2.50. The number of hydrogen-bond donors (Lipinski definition) is 0. The Kier molecular flexibility index (Phi) is 5.50. The average molecular weight is 298 g/mol. The Labute approximate surface area is 133 Å². The van der Waals surface area contributed by atoms with Crippen molar-refractivity contribution in [2.75, 3.05) is 26.0 Å². The van der Waals surface area contributed by atoms with Gasteiger partial charge in [0.05, 0.1) is 0 Å². The first-order valence-corrected chi connectivity index (χ1v) is 7.70. The van der Waals surface area contributed by atoms with Gasteiger partial charge in [-0.1, -0.05) is 12.1 Å². The van der Waals surface area contributed by atoms with E-state index in [0.29, 0.717) is 6.04 Å². The summed E-state index contributed by atoms with van der Waals surface area (Å²) in [4.78, 5) is 13.3. The van der Waals surface area contributed by atoms with Crippen molar-refractivity contribution in [2.24, 2.45) is 0 Å². The molecule has 22 heavy (non-hydrogen) atoms. The molecule has 0 aliphatic rings. The Hall–Kier alpha value is -1.94. The van der Waals surface area contributed by atoms with E-state index in [-0.39, 0.29) is 0 Å². The second-order valence-electron chi connectivity index (χ2n) is 6.15. The molecule has 0 aliphatic carbocycles. The molecule has 1 unspecified atom stereocenters. The van der Waals surface area contributed by atoms with E-state index in [1.807, 2.05) is 37.5 Å². The number of likely N-dealkylation sites (N-methyl/N-ethyl adjacent to an activating group) is 1. The zero-order valence-corrected chi connectivity index (χ0v) is 14.2. The highest BCUT2D eigenvalue weighted by Gasteiger charge is 2.12. The van der Waals surface area contributed by atoms with Crippen LogP contribution in [0.5, 0.6) is 0 Å². The molecule has 4 heteroatoms. The number of rotatable bonds is 6. The van der Waals surface area contributed by atoms with Gasteiger partial charge in [0.1, 0.15) is 5.82 Å². The van der Waals surface area contributed by atoms with E-state index in [4.69, 9.17) is 0 Å². The van der Waals surface area contributed by atoms with E-state index < -0.39 is 0 Å². The van der Waals surface area contributed by atoms with Gasteiger partial charge >= 0.3 is 0 Å². The fourth-order valence-corrected chi connectivity index (χ4v) is 2.39. The lowest BCUT2D eigenvalue weighted by Gasteiger charge is -2.25. The Morgan fingerprint density at radius 3 is 2.45 bits per heavy atom. The van der Waals surface area contributed by atoms with Crippen molar-refractivity contribution < 1.29 is 0 Å². The summed E-state index contributed by atoms with van der Waals surface area (Å²) >= 11 is 0. The van der Waals surface area contributed by atoms with E-state index in [9.17, 15) is 0 Å². The lowest BCUT2D eigenvalue weighted by Crippen LogP contribution is -2.31. The first-order valence-electron chi connectivity index (χ1n) is 7.70. The fraction of sp³-hybridized carbons (Fsp3) is 0.444. The standard InChI is InChI=1S/C18H26N4/c1-14-7-6-10-19-17(14)11-15(2)22(5)13-16-8-9-18(20-12-16)21(3)4/h6-10,12,15H,11,13H2,1-5H3. The molecule has 2 aromatic heterocycles. The quantitative estimate of drug-likeness (QED) is 0.821. The molecule has 0 aromatic carbocycles. The summed E-state index contributed by atoms with van der Waals surface area (Å²) in [6, 6.07) is 8.76. The molecule has 2 aromatic rings. The highest BCUT2D eigenvalue weighted by Crippen LogP contribution is 2.13. The maximum atomic E-state index is 4.49. The van der Waals surface area contributed by atoms with Crippen LogP contribution in [0.4, 0.5) is 5.82 Å². The van der Waals surface area contributed by atoms with Crippen molar-refractivity contribution in [3.05, 3.63) is 53.5 Å². The topological polar surface area (TPSA) is 32.3 Å². The van der Waals surface area contributed by atoms with Crippen LogP contribution in [0.2, 0.25) is 0 Å². The predicted octanol–water partition coefficient (Wildman–Crippen LogP) is 2.91. The van der Waals surface area contributed by atoms with Crippen LogP contribution in [0.3, 0.4) is 0 Å². The molecular weight excluding hydrogens is 272 g/mol. The molecule has 4 nitrogen and oxygen atoms in total. The van der Waals surface area contributed by atoms with Crippen LogP contribution in [0.1, 0.15) is 23.7 Å². The van der Waals surface area contributed by atoms with Gasteiger partial charge in [0.2, 0.25) is 0 Å². The summed E-state index contributed by atoms with van der Waals surface area (Å²) in [6.45, 7) is 5.27. The summed E-state index contributed by atoms with van der Waals surface area (Å²) in [5.74, 6) is 0.989. The van der Waals surface area contributed by atoms with Gasteiger partial charge in [-0.05, 0) is 44.2 Å². The third kappa shape index (κ3) is 4.28. The number of aryl methyl sites for hydroxylation is 1. The molecule has 0 fully saturated rings. The molecule has 0 amide bonds. The van der Waals surface area contributed by atoms with Gasteiger partial charge in [-0.15, -0.1) is 0 Å². The van der Waals surface area contributed by atoms with Crippen LogP contribution < -0.4 is 4.90 Å². The van der Waals surface area contributed by atoms with Crippen LogP contribution in [-0.2, 0) is 13.0 Å². The molecule has 118 valence electrons. The Balaban J connectivity index is 1.96. The maximum Gasteiger partial charge on any atom is 0.127 e. The lowest BCUT2D eigenvalue weighted by atomic mass is 10.1. The molecule has 0 aliphatic heterocycles. The van der Waals surface area contributed by atoms with Crippen LogP contribution in [0.15, 0.2) is 36.7 Å². The minimum Gasteiger partial charge on any atom is -0.363 e. The minimum atomic E-state index is 0.433. The Morgan fingerprint density at radius 2 is 1.86 bits per heavy atom. The number of anilines is 1. The maximum absolute atomic E-state index is 4.49. The highest BCUT2D eigenvalue weighted by atomic mass is 15.1.